The number of nitrogens with one attached hydrogen (secondary N) is 1. The molecule has 0 aromatic heterocycles. The number of anilines is 1. The second-order valence-corrected chi connectivity index (χ2v) is 9.51. The molecule has 0 heterocycles. The van der Waals surface area contributed by atoms with E-state index in [1.54, 1.807) is 0 Å². The molecule has 1 amide bonds. The van der Waals surface area contributed by atoms with Crippen LogP contribution in [0.1, 0.15) is 89.2 Å². The number of carbonyl (C=O) groups is 1. The Hall–Kier alpha value is -1.72. The summed E-state index contributed by atoms with van der Waals surface area (Å²) in [4.78, 5) is 12.4. The van der Waals surface area contributed by atoms with Crippen molar-refractivity contribution in [2.75, 3.05) is 16.8 Å². The molecule has 0 spiro atoms. The molecule has 0 aliphatic rings. The number of thioether (sulfide) groups is 1. The lowest BCUT2D eigenvalue weighted by atomic mass is 9.96. The summed E-state index contributed by atoms with van der Waals surface area (Å²) in [5.41, 5.74) is -3.41. The van der Waals surface area contributed by atoms with Crippen molar-refractivity contribution >= 4 is 23.4 Å². The summed E-state index contributed by atoms with van der Waals surface area (Å²) in [7, 11) is 0. The van der Waals surface area contributed by atoms with Gasteiger partial charge in [0.2, 0.25) is 0 Å². The van der Waals surface area contributed by atoms with Crippen LogP contribution in [-0.4, -0.2) is 28.1 Å². The average Bonchev–Trinajstić information content (AvgIpc) is 2.73. The number of alkyl halides is 3. The smallest absolute Gasteiger partial charge is 0.380 e. The minimum Gasteiger partial charge on any atom is -0.380 e. The number of halogens is 3. The highest BCUT2D eigenvalue weighted by Gasteiger charge is 2.35. The number of hydrogen-bond donors (Lipinski definition) is 2. The first-order chi connectivity index (χ1) is 15.1. The van der Waals surface area contributed by atoms with Crippen LogP contribution in [0, 0.1) is 11.3 Å². The van der Waals surface area contributed by atoms with Gasteiger partial charge in [0, 0.05) is 5.69 Å². The number of unbranched alkanes of at least 4 members (excludes halogenated alkanes) is 7. The van der Waals surface area contributed by atoms with Crippen molar-refractivity contribution in [1.82, 2.24) is 0 Å². The minimum atomic E-state index is -4.71. The fourth-order valence-corrected chi connectivity index (χ4v) is 4.29. The van der Waals surface area contributed by atoms with Gasteiger partial charge in [-0.15, -0.1) is 0 Å². The van der Waals surface area contributed by atoms with Gasteiger partial charge in [0.15, 0.2) is 0 Å². The Kier molecular flexibility index (Phi) is 12.8. The maximum atomic E-state index is 13.1. The normalized spacial score (nSPS) is 13.4. The Labute approximate surface area is 194 Å². The van der Waals surface area contributed by atoms with Crippen LogP contribution < -0.4 is 5.32 Å². The Morgan fingerprint density at radius 2 is 1.66 bits per heavy atom. The van der Waals surface area contributed by atoms with Crippen LogP contribution in [0.25, 0.3) is 0 Å². The van der Waals surface area contributed by atoms with Crippen LogP contribution in [0.2, 0.25) is 0 Å². The van der Waals surface area contributed by atoms with Crippen molar-refractivity contribution < 1.29 is 23.1 Å². The summed E-state index contributed by atoms with van der Waals surface area (Å²) >= 11 is 2.00. The van der Waals surface area contributed by atoms with E-state index in [0.29, 0.717) is 12.5 Å². The third kappa shape index (κ3) is 10.7. The van der Waals surface area contributed by atoms with Crippen molar-refractivity contribution in [3.8, 4) is 6.07 Å². The molecule has 0 bridgehead atoms. The second kappa shape index (κ2) is 14.4. The Bertz CT molecular complexity index is 746. The topological polar surface area (TPSA) is 73.1 Å². The average molecular weight is 473 g/mol. The molecule has 0 unspecified atom stereocenters. The number of nitrogens with zero attached hydrogens (tertiary/aromatic N) is 1. The number of aliphatic hydroxyl groups is 1. The van der Waals surface area contributed by atoms with Crippen LogP contribution in [0.15, 0.2) is 18.2 Å². The van der Waals surface area contributed by atoms with Crippen molar-refractivity contribution in [1.29, 1.82) is 5.26 Å². The molecule has 2 N–H and O–H groups in total. The molecule has 1 aromatic carbocycles. The molecule has 0 aliphatic carbocycles. The molecule has 0 aliphatic heterocycles. The second-order valence-electron chi connectivity index (χ2n) is 8.29. The summed E-state index contributed by atoms with van der Waals surface area (Å²) in [5.74, 6) is 1.63. The molecule has 8 heteroatoms. The maximum Gasteiger partial charge on any atom is 0.417 e. The highest BCUT2D eigenvalue weighted by atomic mass is 32.2. The van der Waals surface area contributed by atoms with Gasteiger partial charge >= 0.3 is 6.18 Å². The van der Waals surface area contributed by atoms with E-state index in [4.69, 9.17) is 5.26 Å². The molecule has 180 valence electrons. The molecular weight excluding hydrogens is 437 g/mol. The number of carbonyl (C=O) groups excluding carboxylic acids is 1. The number of nitriles is 1. The van der Waals surface area contributed by atoms with Crippen LogP contribution >= 0.6 is 11.8 Å². The molecule has 0 fully saturated rings. The summed E-state index contributed by atoms with van der Waals surface area (Å²) in [6.07, 6.45) is 5.54. The SMILES string of the molecule is CCCCCCSCCCCCCC[C@](C)(O)C(=O)Nc1ccc(C#N)c(C(F)(F)F)c1. The summed E-state index contributed by atoms with van der Waals surface area (Å²) in [5, 5.41) is 21.6. The number of benzene rings is 1. The predicted octanol–water partition coefficient (Wildman–Crippen LogP) is 6.92. The summed E-state index contributed by atoms with van der Waals surface area (Å²) in [6.45, 7) is 3.58. The van der Waals surface area contributed by atoms with Gasteiger partial charge in [-0.05, 0) is 55.9 Å². The van der Waals surface area contributed by atoms with Crippen LogP contribution in [0.4, 0.5) is 18.9 Å². The van der Waals surface area contributed by atoms with E-state index in [1.807, 2.05) is 11.8 Å². The highest BCUT2D eigenvalue weighted by molar-refractivity contribution is 7.99. The molecule has 0 radical (unpaired) electrons. The summed E-state index contributed by atoms with van der Waals surface area (Å²) in [6, 6.07) is 4.45. The van der Waals surface area contributed by atoms with Gasteiger partial charge in [0.05, 0.1) is 17.2 Å². The van der Waals surface area contributed by atoms with Gasteiger partial charge < -0.3 is 10.4 Å². The lowest BCUT2D eigenvalue weighted by Crippen LogP contribution is -2.40. The number of hydrogen-bond acceptors (Lipinski definition) is 4. The zero-order chi connectivity index (χ0) is 24.0. The standard InChI is InChI=1S/C24H35F3N2O2S/c1-3-4-5-10-15-32-16-11-8-6-7-9-14-23(2,31)22(30)29-20-13-12-19(18-28)21(17-20)24(25,26)27/h12-13,17,31H,3-11,14-16H2,1-2H3,(H,29,30)/t23-/m0/s1. The summed E-state index contributed by atoms with van der Waals surface area (Å²) < 4.78 is 39.2. The predicted molar refractivity (Wildman–Crippen MR) is 125 cm³/mol. The first kappa shape index (κ1) is 28.3. The number of rotatable bonds is 15. The lowest BCUT2D eigenvalue weighted by molar-refractivity contribution is -0.138. The van der Waals surface area contributed by atoms with E-state index in [-0.39, 0.29) is 12.1 Å². The molecule has 0 saturated carbocycles. The van der Waals surface area contributed by atoms with Crippen molar-refractivity contribution in [3.05, 3.63) is 29.3 Å². The van der Waals surface area contributed by atoms with Crippen molar-refractivity contribution in [2.24, 2.45) is 0 Å². The van der Waals surface area contributed by atoms with Crippen molar-refractivity contribution in [3.63, 3.8) is 0 Å². The zero-order valence-electron chi connectivity index (χ0n) is 19.1. The zero-order valence-corrected chi connectivity index (χ0v) is 19.9. The molecule has 1 rings (SSSR count). The lowest BCUT2D eigenvalue weighted by Gasteiger charge is -2.22. The molecule has 32 heavy (non-hydrogen) atoms. The van der Waals surface area contributed by atoms with Gasteiger partial charge in [0.1, 0.15) is 5.60 Å². The van der Waals surface area contributed by atoms with Crippen LogP contribution in [-0.2, 0) is 11.0 Å². The first-order valence-electron chi connectivity index (χ1n) is 11.3. The maximum absolute atomic E-state index is 13.1. The van der Waals surface area contributed by atoms with Crippen LogP contribution in [0.3, 0.4) is 0 Å². The van der Waals surface area contributed by atoms with E-state index >= 15 is 0 Å². The molecule has 4 nitrogen and oxygen atoms in total. The van der Waals surface area contributed by atoms with Gasteiger partial charge in [-0.1, -0.05) is 51.9 Å². The van der Waals surface area contributed by atoms with E-state index in [9.17, 15) is 23.1 Å². The van der Waals surface area contributed by atoms with E-state index < -0.39 is 28.8 Å². The largest absolute Gasteiger partial charge is 0.417 e. The monoisotopic (exact) mass is 472 g/mol. The Balaban J connectivity index is 2.33. The van der Waals surface area contributed by atoms with E-state index in [1.165, 1.54) is 50.5 Å². The van der Waals surface area contributed by atoms with Crippen molar-refractivity contribution in [2.45, 2.75) is 89.8 Å². The minimum absolute atomic E-state index is 0.103. The van der Waals surface area contributed by atoms with Crippen LogP contribution in [0.5, 0.6) is 0 Å². The Morgan fingerprint density at radius 3 is 2.25 bits per heavy atom. The first-order valence-corrected chi connectivity index (χ1v) is 12.5. The van der Waals surface area contributed by atoms with Gasteiger partial charge in [0.25, 0.3) is 5.91 Å². The molecule has 1 aromatic rings. The fourth-order valence-electron chi connectivity index (χ4n) is 3.27. The van der Waals surface area contributed by atoms with Gasteiger partial charge in [-0.2, -0.15) is 30.2 Å². The Morgan fingerprint density at radius 1 is 1.06 bits per heavy atom. The fraction of sp³-hybridized carbons (Fsp3) is 0.667. The third-order valence-corrected chi connectivity index (χ3v) is 6.44. The third-order valence-electron chi connectivity index (χ3n) is 5.29. The van der Waals surface area contributed by atoms with Gasteiger partial charge in [-0.25, -0.2) is 0 Å². The van der Waals surface area contributed by atoms with E-state index in [0.717, 1.165) is 37.5 Å². The van der Waals surface area contributed by atoms with Gasteiger partial charge in [-0.3, -0.25) is 4.79 Å². The molecule has 1 atom stereocenters. The highest BCUT2D eigenvalue weighted by Crippen LogP contribution is 2.33. The number of amides is 1. The van der Waals surface area contributed by atoms with E-state index in [2.05, 4.69) is 12.2 Å². The molecular formula is C24H35F3N2O2S. The molecule has 0 saturated heterocycles. The quantitative estimate of drug-likeness (QED) is 0.272.